The second kappa shape index (κ2) is 7.28. The highest BCUT2D eigenvalue weighted by Gasteiger charge is 2.18. The summed E-state index contributed by atoms with van der Waals surface area (Å²) in [6.07, 6.45) is 0. The molecule has 0 spiro atoms. The summed E-state index contributed by atoms with van der Waals surface area (Å²) in [4.78, 5) is 26.5. The Kier molecular flexibility index (Phi) is 4.90. The topological polar surface area (TPSA) is 99.5 Å². The lowest BCUT2D eigenvalue weighted by Gasteiger charge is -2.11. The minimum absolute atomic E-state index is 0.108. The number of nitrogens with zero attached hydrogens (tertiary/aromatic N) is 2. The second-order valence-electron chi connectivity index (χ2n) is 5.44. The summed E-state index contributed by atoms with van der Waals surface area (Å²) in [6.45, 7) is 1.55. The fraction of sp³-hybridized carbons (Fsp3) is 0.0556. The Hall–Kier alpha value is -3.32. The molecule has 3 rings (SSSR count). The van der Waals surface area contributed by atoms with E-state index in [-0.39, 0.29) is 11.3 Å². The third-order valence-corrected chi connectivity index (χ3v) is 3.91. The molecule has 0 aliphatic heterocycles. The van der Waals surface area contributed by atoms with Crippen molar-refractivity contribution in [2.45, 2.75) is 6.92 Å². The Bertz CT molecular complexity index is 1070. The van der Waals surface area contributed by atoms with Gasteiger partial charge in [-0.1, -0.05) is 29.8 Å². The Morgan fingerprint density at radius 1 is 1.12 bits per heavy atom. The summed E-state index contributed by atoms with van der Waals surface area (Å²) < 4.78 is 0.981. The smallest absolute Gasteiger partial charge is 0.335 e. The SMILES string of the molecule is C/C(=N\Nc1ccccc1)c1c(O)n(-c2ccc(Cl)cc2)c(=O)[nH]c1=O. The van der Waals surface area contributed by atoms with E-state index < -0.39 is 17.1 Å². The number of rotatable bonds is 4. The van der Waals surface area contributed by atoms with Crippen molar-refractivity contribution in [1.29, 1.82) is 0 Å². The lowest BCUT2D eigenvalue weighted by molar-refractivity contribution is 0.429. The van der Waals surface area contributed by atoms with Gasteiger partial charge in [-0.15, -0.1) is 0 Å². The van der Waals surface area contributed by atoms with E-state index in [0.29, 0.717) is 16.4 Å². The first kappa shape index (κ1) is 17.5. The first-order valence-electron chi connectivity index (χ1n) is 7.67. The number of hydrogen-bond acceptors (Lipinski definition) is 5. The largest absolute Gasteiger partial charge is 0.493 e. The van der Waals surface area contributed by atoms with Gasteiger partial charge in [0.15, 0.2) is 0 Å². The highest BCUT2D eigenvalue weighted by molar-refractivity contribution is 6.30. The molecule has 0 radical (unpaired) electrons. The molecular weight excluding hydrogens is 356 g/mol. The molecule has 0 fully saturated rings. The van der Waals surface area contributed by atoms with Gasteiger partial charge in [-0.3, -0.25) is 15.2 Å². The maximum Gasteiger partial charge on any atom is 0.335 e. The number of aromatic hydroxyl groups is 1. The summed E-state index contributed by atoms with van der Waals surface area (Å²) >= 11 is 5.85. The van der Waals surface area contributed by atoms with E-state index in [4.69, 9.17) is 11.6 Å². The summed E-state index contributed by atoms with van der Waals surface area (Å²) in [5.41, 5.74) is 2.49. The second-order valence-corrected chi connectivity index (χ2v) is 5.88. The third kappa shape index (κ3) is 3.52. The van der Waals surface area contributed by atoms with Crippen LogP contribution in [0.15, 0.2) is 69.3 Å². The number of hydrogen-bond donors (Lipinski definition) is 3. The van der Waals surface area contributed by atoms with Gasteiger partial charge < -0.3 is 5.11 Å². The minimum Gasteiger partial charge on any atom is -0.493 e. The fourth-order valence-electron chi connectivity index (χ4n) is 2.40. The summed E-state index contributed by atoms with van der Waals surface area (Å²) in [7, 11) is 0. The van der Waals surface area contributed by atoms with Crippen LogP contribution in [0.25, 0.3) is 5.69 Å². The number of benzene rings is 2. The van der Waals surface area contributed by atoms with Crippen molar-refractivity contribution >= 4 is 23.0 Å². The van der Waals surface area contributed by atoms with E-state index in [1.807, 2.05) is 18.2 Å². The summed E-state index contributed by atoms with van der Waals surface area (Å²) in [5, 5.41) is 15.1. The van der Waals surface area contributed by atoms with Crippen LogP contribution in [0.3, 0.4) is 0 Å². The first-order chi connectivity index (χ1) is 12.5. The van der Waals surface area contributed by atoms with E-state index >= 15 is 0 Å². The molecule has 0 saturated heterocycles. The number of hydrazone groups is 1. The van der Waals surface area contributed by atoms with Crippen LogP contribution in [0.4, 0.5) is 5.69 Å². The molecule has 8 heteroatoms. The van der Waals surface area contributed by atoms with E-state index in [1.54, 1.807) is 43.3 Å². The van der Waals surface area contributed by atoms with Gasteiger partial charge in [0.25, 0.3) is 5.56 Å². The fourth-order valence-corrected chi connectivity index (χ4v) is 2.52. The van der Waals surface area contributed by atoms with Gasteiger partial charge in [0, 0.05) is 5.02 Å². The number of aromatic amines is 1. The van der Waals surface area contributed by atoms with Crippen LogP contribution in [-0.4, -0.2) is 20.4 Å². The number of aromatic nitrogens is 2. The van der Waals surface area contributed by atoms with Gasteiger partial charge in [0.05, 0.1) is 17.1 Å². The number of H-pyrrole nitrogens is 1. The highest BCUT2D eigenvalue weighted by atomic mass is 35.5. The predicted octanol–water partition coefficient (Wildman–Crippen LogP) is 2.72. The van der Waals surface area contributed by atoms with Crippen LogP contribution in [0.1, 0.15) is 12.5 Å². The Labute approximate surface area is 153 Å². The third-order valence-electron chi connectivity index (χ3n) is 3.66. The van der Waals surface area contributed by atoms with Crippen LogP contribution >= 0.6 is 11.6 Å². The molecule has 0 atom stereocenters. The van der Waals surface area contributed by atoms with Crippen molar-refractivity contribution < 1.29 is 5.11 Å². The van der Waals surface area contributed by atoms with Crippen LogP contribution in [0.5, 0.6) is 5.88 Å². The molecule has 7 nitrogen and oxygen atoms in total. The normalized spacial score (nSPS) is 11.4. The molecule has 3 N–H and O–H groups in total. The molecular formula is C18H15ClN4O3. The van der Waals surface area contributed by atoms with Crippen LogP contribution in [0.2, 0.25) is 5.02 Å². The van der Waals surface area contributed by atoms with Gasteiger partial charge in [-0.05, 0) is 43.3 Å². The number of nitrogens with one attached hydrogen (secondary N) is 2. The van der Waals surface area contributed by atoms with Crippen LogP contribution in [-0.2, 0) is 0 Å². The van der Waals surface area contributed by atoms with Crippen molar-refractivity contribution in [1.82, 2.24) is 9.55 Å². The van der Waals surface area contributed by atoms with E-state index in [2.05, 4.69) is 15.5 Å². The zero-order valence-corrected chi connectivity index (χ0v) is 14.5. The zero-order valence-electron chi connectivity index (χ0n) is 13.7. The van der Waals surface area contributed by atoms with Crippen molar-refractivity contribution in [3.63, 3.8) is 0 Å². The van der Waals surface area contributed by atoms with Crippen LogP contribution in [0, 0.1) is 0 Å². The highest BCUT2D eigenvalue weighted by Crippen LogP contribution is 2.19. The quantitative estimate of drug-likeness (QED) is 0.485. The molecule has 0 amide bonds. The van der Waals surface area contributed by atoms with Gasteiger partial charge in [0.1, 0.15) is 5.56 Å². The number of halogens is 1. The molecule has 26 heavy (non-hydrogen) atoms. The average Bonchev–Trinajstić information content (AvgIpc) is 2.62. The monoisotopic (exact) mass is 370 g/mol. The molecule has 0 saturated carbocycles. The Balaban J connectivity index is 2.07. The van der Waals surface area contributed by atoms with E-state index in [9.17, 15) is 14.7 Å². The predicted molar refractivity (Wildman–Crippen MR) is 102 cm³/mol. The molecule has 1 heterocycles. The summed E-state index contributed by atoms with van der Waals surface area (Å²) in [6, 6.07) is 15.4. The van der Waals surface area contributed by atoms with E-state index in [1.165, 1.54) is 0 Å². The molecule has 2 aromatic carbocycles. The minimum atomic E-state index is -0.762. The van der Waals surface area contributed by atoms with Crippen LogP contribution < -0.4 is 16.7 Å². The maximum atomic E-state index is 12.2. The average molecular weight is 371 g/mol. The van der Waals surface area contributed by atoms with Crippen molar-refractivity contribution in [3.05, 3.63) is 86.0 Å². The maximum absolute atomic E-state index is 12.2. The van der Waals surface area contributed by atoms with Crippen molar-refractivity contribution in [3.8, 4) is 11.6 Å². The molecule has 0 unspecified atom stereocenters. The van der Waals surface area contributed by atoms with Gasteiger partial charge in [-0.2, -0.15) is 5.10 Å². The zero-order chi connectivity index (χ0) is 18.7. The Morgan fingerprint density at radius 3 is 2.42 bits per heavy atom. The molecule has 0 aliphatic rings. The lowest BCUT2D eigenvalue weighted by atomic mass is 10.2. The molecule has 0 bridgehead atoms. The van der Waals surface area contributed by atoms with E-state index in [0.717, 1.165) is 4.57 Å². The van der Waals surface area contributed by atoms with Crippen molar-refractivity contribution in [2.75, 3.05) is 5.43 Å². The Morgan fingerprint density at radius 2 is 1.77 bits per heavy atom. The number of para-hydroxylation sites is 1. The lowest BCUT2D eigenvalue weighted by Crippen LogP contribution is -2.32. The molecule has 1 aromatic heterocycles. The number of anilines is 1. The van der Waals surface area contributed by atoms with Gasteiger partial charge in [-0.25, -0.2) is 9.36 Å². The molecule has 0 aliphatic carbocycles. The van der Waals surface area contributed by atoms with Gasteiger partial charge >= 0.3 is 5.69 Å². The molecule has 132 valence electrons. The molecule has 3 aromatic rings. The van der Waals surface area contributed by atoms with Crippen molar-refractivity contribution in [2.24, 2.45) is 5.10 Å². The first-order valence-corrected chi connectivity index (χ1v) is 8.05. The standard InChI is InChI=1S/C18H15ClN4O3/c1-11(21-22-13-5-3-2-4-6-13)15-16(24)20-18(26)23(17(15)25)14-9-7-12(19)8-10-14/h2-10,22,25H,1H3,(H,20,24,26)/b21-11+. The van der Waals surface area contributed by atoms with Gasteiger partial charge in [0.2, 0.25) is 5.88 Å². The summed E-state index contributed by atoms with van der Waals surface area (Å²) in [5.74, 6) is -0.503.